The molecule has 0 spiro atoms. The van der Waals surface area contributed by atoms with Gasteiger partial charge in [-0.1, -0.05) is 12.8 Å². The van der Waals surface area contributed by atoms with Gasteiger partial charge >= 0.3 is 0 Å². The number of hydrazine groups is 1. The number of aryl methyl sites for hydroxylation is 1. The van der Waals surface area contributed by atoms with Crippen LogP contribution >= 0.6 is 0 Å². The van der Waals surface area contributed by atoms with Gasteiger partial charge in [-0.25, -0.2) is 15.8 Å². The van der Waals surface area contributed by atoms with Crippen molar-refractivity contribution in [3.05, 3.63) is 17.8 Å². The number of aromatic nitrogens is 1. The predicted molar refractivity (Wildman–Crippen MR) is 65.1 cm³/mol. The maximum absolute atomic E-state index is 5.43. The van der Waals surface area contributed by atoms with E-state index in [4.69, 9.17) is 10.3 Å². The molecular formula is C11H19N5O. The summed E-state index contributed by atoms with van der Waals surface area (Å²) in [5.41, 5.74) is 2.58. The topological polar surface area (TPSA) is 88.5 Å². The van der Waals surface area contributed by atoms with Crippen molar-refractivity contribution in [2.24, 2.45) is 10.8 Å². The Hall–Kier alpha value is -1.56. The molecule has 1 saturated carbocycles. The largest absolute Gasteiger partial charge is 0.444 e. The molecule has 0 amide bonds. The lowest BCUT2D eigenvalue weighted by Gasteiger charge is -2.14. The van der Waals surface area contributed by atoms with Crippen molar-refractivity contribution < 1.29 is 4.42 Å². The molecule has 94 valence electrons. The first-order chi connectivity index (χ1) is 8.28. The Bertz CT molecular complexity index is 381. The van der Waals surface area contributed by atoms with Gasteiger partial charge in [0, 0.05) is 6.04 Å². The summed E-state index contributed by atoms with van der Waals surface area (Å²) in [5, 5.41) is 3.29. The highest BCUT2D eigenvalue weighted by atomic mass is 16.4. The van der Waals surface area contributed by atoms with Crippen LogP contribution in [-0.2, 0) is 6.54 Å². The fourth-order valence-corrected chi connectivity index (χ4v) is 2.02. The third-order valence-electron chi connectivity index (χ3n) is 2.87. The molecular weight excluding hydrogens is 218 g/mol. The van der Waals surface area contributed by atoms with Crippen molar-refractivity contribution in [1.82, 2.24) is 15.7 Å². The zero-order valence-electron chi connectivity index (χ0n) is 10.1. The Morgan fingerprint density at radius 3 is 2.94 bits per heavy atom. The van der Waals surface area contributed by atoms with E-state index in [0.717, 1.165) is 5.76 Å². The molecule has 0 aromatic carbocycles. The van der Waals surface area contributed by atoms with E-state index in [1.807, 2.05) is 6.92 Å². The van der Waals surface area contributed by atoms with E-state index in [0.29, 0.717) is 24.4 Å². The molecule has 4 N–H and O–H groups in total. The maximum Gasteiger partial charge on any atom is 0.216 e. The third kappa shape index (κ3) is 3.45. The highest BCUT2D eigenvalue weighted by molar-refractivity contribution is 5.79. The van der Waals surface area contributed by atoms with Gasteiger partial charge in [0.25, 0.3) is 0 Å². The zero-order chi connectivity index (χ0) is 12.1. The lowest BCUT2D eigenvalue weighted by atomic mass is 10.2. The molecule has 1 aliphatic carbocycles. The van der Waals surface area contributed by atoms with Crippen molar-refractivity contribution >= 4 is 5.96 Å². The summed E-state index contributed by atoms with van der Waals surface area (Å²) >= 11 is 0. The maximum atomic E-state index is 5.43. The standard InChI is InChI=1S/C11H19N5O/c1-8-6-13-10(17-8)7-14-11(16-12)15-9-4-2-3-5-9/h6,9H,2-5,7,12H2,1H3,(H2,14,15,16). The van der Waals surface area contributed by atoms with Gasteiger partial charge < -0.3 is 9.73 Å². The lowest BCUT2D eigenvalue weighted by molar-refractivity contribution is 0.473. The minimum absolute atomic E-state index is 0.396. The van der Waals surface area contributed by atoms with E-state index in [2.05, 4.69) is 20.7 Å². The SMILES string of the molecule is Cc1cnc(CN=C(NN)NC2CCCC2)o1. The Kier molecular flexibility index (Phi) is 3.98. The van der Waals surface area contributed by atoms with Gasteiger partial charge in [-0.3, -0.25) is 5.43 Å². The monoisotopic (exact) mass is 237 g/mol. The van der Waals surface area contributed by atoms with Gasteiger partial charge in [-0.05, 0) is 19.8 Å². The molecule has 1 aromatic heterocycles. The molecule has 0 aliphatic heterocycles. The predicted octanol–water partition coefficient (Wildman–Crippen LogP) is 0.835. The van der Waals surface area contributed by atoms with E-state index in [1.54, 1.807) is 6.20 Å². The quantitative estimate of drug-likeness (QED) is 0.314. The molecule has 0 bridgehead atoms. The van der Waals surface area contributed by atoms with Crippen LogP contribution in [0.1, 0.15) is 37.3 Å². The molecule has 6 heteroatoms. The molecule has 0 radical (unpaired) electrons. The van der Waals surface area contributed by atoms with Crippen LogP contribution < -0.4 is 16.6 Å². The van der Waals surface area contributed by atoms with Crippen LogP contribution in [0.4, 0.5) is 0 Å². The Labute approximate surface area is 101 Å². The van der Waals surface area contributed by atoms with E-state index >= 15 is 0 Å². The number of guanidine groups is 1. The summed E-state index contributed by atoms with van der Waals surface area (Å²) in [4.78, 5) is 8.39. The number of nitrogens with two attached hydrogens (primary N) is 1. The molecule has 1 aliphatic rings. The average Bonchev–Trinajstić information content (AvgIpc) is 2.96. The molecule has 17 heavy (non-hydrogen) atoms. The second kappa shape index (κ2) is 5.67. The van der Waals surface area contributed by atoms with Crippen molar-refractivity contribution in [2.45, 2.75) is 45.2 Å². The second-order valence-electron chi connectivity index (χ2n) is 4.30. The van der Waals surface area contributed by atoms with Crippen molar-refractivity contribution in [3.63, 3.8) is 0 Å². The summed E-state index contributed by atoms with van der Waals surface area (Å²) in [6, 6.07) is 0.482. The molecule has 1 aromatic rings. The number of oxazole rings is 1. The molecule has 1 heterocycles. The summed E-state index contributed by atoms with van der Waals surface area (Å²) in [6.07, 6.45) is 6.59. The lowest BCUT2D eigenvalue weighted by Crippen LogP contribution is -2.45. The first-order valence-electron chi connectivity index (χ1n) is 5.97. The highest BCUT2D eigenvalue weighted by Crippen LogP contribution is 2.17. The average molecular weight is 237 g/mol. The Morgan fingerprint density at radius 2 is 2.35 bits per heavy atom. The first kappa shape index (κ1) is 11.9. The Morgan fingerprint density at radius 1 is 1.59 bits per heavy atom. The fourth-order valence-electron chi connectivity index (χ4n) is 2.02. The number of nitrogens with one attached hydrogen (secondary N) is 2. The van der Waals surface area contributed by atoms with E-state index in [9.17, 15) is 0 Å². The summed E-state index contributed by atoms with van der Waals surface area (Å²) in [7, 11) is 0. The molecule has 1 fully saturated rings. The zero-order valence-corrected chi connectivity index (χ0v) is 10.1. The number of rotatable bonds is 3. The van der Waals surface area contributed by atoms with Crippen molar-refractivity contribution in [1.29, 1.82) is 0 Å². The number of hydrogen-bond donors (Lipinski definition) is 3. The molecule has 0 atom stereocenters. The minimum atomic E-state index is 0.396. The van der Waals surface area contributed by atoms with Gasteiger partial charge in [-0.2, -0.15) is 0 Å². The first-order valence-corrected chi connectivity index (χ1v) is 5.97. The number of nitrogens with zero attached hydrogens (tertiary/aromatic N) is 2. The van der Waals surface area contributed by atoms with E-state index in [1.165, 1.54) is 25.7 Å². The van der Waals surface area contributed by atoms with Gasteiger partial charge in [0.1, 0.15) is 12.3 Å². The van der Waals surface area contributed by atoms with Crippen LogP contribution in [0, 0.1) is 6.92 Å². The normalized spacial score (nSPS) is 17.4. The van der Waals surface area contributed by atoms with Gasteiger partial charge in [0.2, 0.25) is 11.9 Å². The number of aliphatic imine (C=N–C) groups is 1. The van der Waals surface area contributed by atoms with Gasteiger partial charge in [-0.15, -0.1) is 0 Å². The molecule has 2 rings (SSSR count). The summed E-state index contributed by atoms with van der Waals surface area (Å²) < 4.78 is 5.33. The fraction of sp³-hybridized carbons (Fsp3) is 0.636. The van der Waals surface area contributed by atoms with Crippen LogP contribution in [0.2, 0.25) is 0 Å². The third-order valence-corrected chi connectivity index (χ3v) is 2.87. The van der Waals surface area contributed by atoms with E-state index in [-0.39, 0.29) is 0 Å². The van der Waals surface area contributed by atoms with Crippen molar-refractivity contribution in [2.75, 3.05) is 0 Å². The summed E-state index contributed by atoms with van der Waals surface area (Å²) in [6.45, 7) is 2.26. The van der Waals surface area contributed by atoms with Crippen LogP contribution in [0.25, 0.3) is 0 Å². The van der Waals surface area contributed by atoms with E-state index < -0.39 is 0 Å². The van der Waals surface area contributed by atoms with Gasteiger partial charge in [0.15, 0.2) is 0 Å². The molecule has 0 unspecified atom stereocenters. The number of hydrogen-bond acceptors (Lipinski definition) is 4. The second-order valence-corrected chi connectivity index (χ2v) is 4.30. The van der Waals surface area contributed by atoms with Crippen LogP contribution in [0.15, 0.2) is 15.6 Å². The minimum Gasteiger partial charge on any atom is -0.444 e. The molecule has 0 saturated heterocycles. The molecule has 6 nitrogen and oxygen atoms in total. The highest BCUT2D eigenvalue weighted by Gasteiger charge is 2.15. The van der Waals surface area contributed by atoms with Crippen molar-refractivity contribution in [3.8, 4) is 0 Å². The van der Waals surface area contributed by atoms with Crippen LogP contribution in [0.5, 0.6) is 0 Å². The van der Waals surface area contributed by atoms with Crippen LogP contribution in [0.3, 0.4) is 0 Å². The van der Waals surface area contributed by atoms with Gasteiger partial charge in [0.05, 0.1) is 6.20 Å². The Balaban J connectivity index is 1.88. The smallest absolute Gasteiger partial charge is 0.216 e. The van der Waals surface area contributed by atoms with Crippen LogP contribution in [-0.4, -0.2) is 17.0 Å². The summed E-state index contributed by atoms with van der Waals surface area (Å²) in [5.74, 6) is 7.42.